The highest BCUT2D eigenvalue weighted by atomic mass is 16.7. The first-order valence-corrected chi connectivity index (χ1v) is 17.0. The number of aromatic nitrogens is 2. The van der Waals surface area contributed by atoms with Crippen LogP contribution >= 0.6 is 0 Å². The van der Waals surface area contributed by atoms with Crippen molar-refractivity contribution < 1.29 is 44.5 Å². The van der Waals surface area contributed by atoms with Gasteiger partial charge in [-0.2, -0.15) is 0 Å². The Hall–Kier alpha value is -2.82. The molecule has 2 fully saturated rings. The van der Waals surface area contributed by atoms with Crippen molar-refractivity contribution in [1.29, 1.82) is 0 Å². The highest BCUT2D eigenvalue weighted by Crippen LogP contribution is 2.32. The van der Waals surface area contributed by atoms with Gasteiger partial charge in [0.05, 0.1) is 25.2 Å². The first-order chi connectivity index (χ1) is 22.9. The number of β-amino-alcohol motifs (C(OH)–C–C–N with tert-alkyl or cyclic N) is 1. The lowest BCUT2D eigenvalue weighted by Gasteiger charge is -2.39. The van der Waals surface area contributed by atoms with Gasteiger partial charge in [0.25, 0.3) is 0 Å². The number of amides is 1. The van der Waals surface area contributed by atoms with Crippen molar-refractivity contribution >= 4 is 5.91 Å². The Bertz CT molecular complexity index is 1310. The molecule has 0 aliphatic carbocycles. The van der Waals surface area contributed by atoms with Gasteiger partial charge in [-0.1, -0.05) is 19.9 Å². The average molecular weight is 678 g/mol. The van der Waals surface area contributed by atoms with E-state index in [9.17, 15) is 25.2 Å². The van der Waals surface area contributed by atoms with Crippen molar-refractivity contribution in [2.45, 2.75) is 84.1 Å². The number of H-pyrrole nitrogens is 1. The lowest BCUT2D eigenvalue weighted by molar-refractivity contribution is -0.278. The molecule has 0 unspecified atom stereocenters. The molecule has 14 heteroatoms. The fraction of sp³-hybridized carbons (Fsp3) is 0.706. The second kappa shape index (κ2) is 17.2. The van der Waals surface area contributed by atoms with E-state index in [4.69, 9.17) is 19.3 Å². The molecule has 7 N–H and O–H groups in total. The number of piperazine rings is 1. The van der Waals surface area contributed by atoms with Crippen LogP contribution in [0.25, 0.3) is 0 Å². The smallest absolute Gasteiger partial charge is 0.238 e. The molecule has 0 bridgehead atoms. The van der Waals surface area contributed by atoms with Gasteiger partial charge >= 0.3 is 0 Å². The molecule has 3 heterocycles. The number of hydrogen-bond donors (Lipinski definition) is 7. The van der Waals surface area contributed by atoms with Crippen LogP contribution in [-0.4, -0.2) is 148 Å². The summed E-state index contributed by atoms with van der Waals surface area (Å²) < 4.78 is 17.5. The number of carbonyl (C=O) groups is 1. The molecule has 1 aromatic carbocycles. The third-order valence-corrected chi connectivity index (χ3v) is 9.18. The summed E-state index contributed by atoms with van der Waals surface area (Å²) >= 11 is 0. The van der Waals surface area contributed by atoms with Crippen LogP contribution in [0.5, 0.6) is 11.6 Å². The van der Waals surface area contributed by atoms with Gasteiger partial charge in [-0.25, -0.2) is 0 Å². The van der Waals surface area contributed by atoms with Crippen molar-refractivity contribution in [3.8, 4) is 11.6 Å². The Morgan fingerprint density at radius 2 is 1.85 bits per heavy atom. The van der Waals surface area contributed by atoms with Crippen LogP contribution in [0, 0.1) is 12.3 Å². The van der Waals surface area contributed by atoms with Crippen LogP contribution in [0.4, 0.5) is 0 Å². The normalized spacial score (nSPS) is 23.9. The van der Waals surface area contributed by atoms with Gasteiger partial charge in [0.15, 0.2) is 0 Å². The van der Waals surface area contributed by atoms with Gasteiger partial charge in [0, 0.05) is 56.9 Å². The third kappa shape index (κ3) is 9.45. The van der Waals surface area contributed by atoms with Crippen molar-refractivity contribution in [2.75, 3.05) is 65.6 Å². The summed E-state index contributed by atoms with van der Waals surface area (Å²) in [6.45, 7) is 15.0. The molecule has 2 saturated heterocycles. The third-order valence-electron chi connectivity index (χ3n) is 9.18. The molecule has 1 aromatic heterocycles. The van der Waals surface area contributed by atoms with Crippen LogP contribution in [0.15, 0.2) is 18.2 Å². The second-order valence-electron chi connectivity index (χ2n) is 13.8. The Balaban J connectivity index is 1.27. The molecule has 0 radical (unpaired) electrons. The standard InChI is InChI=1S/C34H55N5O9/c1-21(2)27-25(31(37-36-27)48-32-30(44)29(43)28(42)26(19-41)47-32)18-23-7-8-24(17-22(23)3)46-16-6-9-35-20-34(4,5)33(45)39-12-10-38(11-13-39)14-15-40/h7-8,17,21,26,28-30,32,35,40-44H,6,9-16,18-20H2,1-5H3,(H,36,37)/t26-,28-,29+,30-,32+/m1/s1. The molecule has 0 saturated carbocycles. The number of rotatable bonds is 16. The Labute approximate surface area is 283 Å². The van der Waals surface area contributed by atoms with E-state index < -0.39 is 42.7 Å². The predicted molar refractivity (Wildman–Crippen MR) is 178 cm³/mol. The number of aliphatic hydroxyl groups excluding tert-OH is 5. The molecule has 48 heavy (non-hydrogen) atoms. The Morgan fingerprint density at radius 1 is 1.12 bits per heavy atom. The number of carbonyl (C=O) groups excluding carboxylic acids is 1. The van der Waals surface area contributed by atoms with Crippen LogP contribution in [-0.2, 0) is 16.0 Å². The van der Waals surface area contributed by atoms with Crippen LogP contribution in [0.3, 0.4) is 0 Å². The first kappa shape index (κ1) is 38.0. The fourth-order valence-electron chi connectivity index (χ4n) is 6.14. The van der Waals surface area contributed by atoms with Gasteiger partial charge in [-0.05, 0) is 62.9 Å². The number of benzene rings is 1. The number of aromatic amines is 1. The summed E-state index contributed by atoms with van der Waals surface area (Å²) in [6, 6.07) is 5.90. The molecule has 14 nitrogen and oxygen atoms in total. The van der Waals surface area contributed by atoms with E-state index >= 15 is 0 Å². The minimum Gasteiger partial charge on any atom is -0.494 e. The average Bonchev–Trinajstić information content (AvgIpc) is 3.46. The summed E-state index contributed by atoms with van der Waals surface area (Å²) in [5.41, 5.74) is 3.14. The molecule has 270 valence electrons. The summed E-state index contributed by atoms with van der Waals surface area (Å²) in [5.74, 6) is 1.20. The quantitative estimate of drug-likeness (QED) is 0.119. The molecule has 2 aliphatic heterocycles. The predicted octanol–water partition coefficient (Wildman–Crippen LogP) is 0.132. The second-order valence-corrected chi connectivity index (χ2v) is 13.8. The van der Waals surface area contributed by atoms with Crippen molar-refractivity contribution in [1.82, 2.24) is 25.3 Å². The maximum atomic E-state index is 13.1. The Kier molecular flexibility index (Phi) is 13.6. The monoisotopic (exact) mass is 677 g/mol. The number of ether oxygens (including phenoxy) is 3. The maximum absolute atomic E-state index is 13.1. The lowest BCUT2D eigenvalue weighted by atomic mass is 9.91. The SMILES string of the molecule is Cc1cc(OCCCNCC(C)(C)C(=O)N2CCN(CCO)CC2)ccc1Cc1c(O[C@@H]2O[C@H](CO)[C@@H](O)[C@H](O)[C@H]2O)n[nH]c1C(C)C. The summed E-state index contributed by atoms with van der Waals surface area (Å²) in [6.07, 6.45) is -5.74. The number of nitrogens with zero attached hydrogens (tertiary/aromatic N) is 3. The topological polar surface area (TPSA) is 193 Å². The number of hydrogen-bond acceptors (Lipinski definition) is 12. The molecular formula is C34H55N5O9. The molecule has 5 atom stereocenters. The number of nitrogens with one attached hydrogen (secondary N) is 2. The zero-order chi connectivity index (χ0) is 35.0. The zero-order valence-corrected chi connectivity index (χ0v) is 28.9. The Morgan fingerprint density at radius 3 is 2.50 bits per heavy atom. The highest BCUT2D eigenvalue weighted by Gasteiger charge is 2.45. The zero-order valence-electron chi connectivity index (χ0n) is 28.9. The minimum atomic E-state index is -1.55. The van der Waals surface area contributed by atoms with Crippen molar-refractivity contribution in [3.63, 3.8) is 0 Å². The molecule has 2 aliphatic rings. The van der Waals surface area contributed by atoms with Crippen LogP contribution < -0.4 is 14.8 Å². The van der Waals surface area contributed by atoms with Gasteiger partial charge in [0.2, 0.25) is 18.1 Å². The maximum Gasteiger partial charge on any atom is 0.238 e. The number of aliphatic hydroxyl groups is 5. The van der Waals surface area contributed by atoms with E-state index in [1.807, 2.05) is 57.7 Å². The van der Waals surface area contributed by atoms with Gasteiger partial charge in [0.1, 0.15) is 30.2 Å². The fourth-order valence-corrected chi connectivity index (χ4v) is 6.14. The van der Waals surface area contributed by atoms with Crippen molar-refractivity contribution in [3.05, 3.63) is 40.6 Å². The van der Waals surface area contributed by atoms with E-state index in [-0.39, 0.29) is 24.3 Å². The molecule has 2 aromatic rings. The highest BCUT2D eigenvalue weighted by molar-refractivity contribution is 5.82. The van der Waals surface area contributed by atoms with E-state index in [0.717, 1.165) is 47.6 Å². The summed E-state index contributed by atoms with van der Waals surface area (Å²) in [7, 11) is 0. The molecule has 1 amide bonds. The van der Waals surface area contributed by atoms with Crippen LogP contribution in [0.2, 0.25) is 0 Å². The van der Waals surface area contributed by atoms with E-state index in [0.29, 0.717) is 45.8 Å². The molecule has 4 rings (SSSR count). The lowest BCUT2D eigenvalue weighted by Crippen LogP contribution is -2.60. The van der Waals surface area contributed by atoms with Gasteiger partial charge in [-0.15, -0.1) is 5.10 Å². The van der Waals surface area contributed by atoms with E-state index in [1.54, 1.807) is 0 Å². The summed E-state index contributed by atoms with van der Waals surface area (Å²) in [4.78, 5) is 17.2. The molecular weight excluding hydrogens is 622 g/mol. The number of aryl methyl sites for hydroxylation is 1. The van der Waals surface area contributed by atoms with E-state index in [2.05, 4.69) is 20.4 Å². The molecule has 0 spiro atoms. The first-order valence-electron chi connectivity index (χ1n) is 17.0. The summed E-state index contributed by atoms with van der Waals surface area (Å²) in [5, 5.41) is 60.2. The van der Waals surface area contributed by atoms with Crippen molar-refractivity contribution in [2.24, 2.45) is 5.41 Å². The van der Waals surface area contributed by atoms with Crippen LogP contribution in [0.1, 0.15) is 62.4 Å². The van der Waals surface area contributed by atoms with Gasteiger partial charge < -0.3 is 50.0 Å². The minimum absolute atomic E-state index is 0.0907. The van der Waals surface area contributed by atoms with E-state index in [1.165, 1.54) is 0 Å². The van der Waals surface area contributed by atoms with Gasteiger partial charge in [-0.3, -0.25) is 14.8 Å². The largest absolute Gasteiger partial charge is 0.494 e.